The molecule has 26 heavy (non-hydrogen) atoms. The summed E-state index contributed by atoms with van der Waals surface area (Å²) in [5.74, 6) is 0.466. The van der Waals surface area contributed by atoms with E-state index in [1.807, 2.05) is 6.07 Å². The average Bonchev–Trinajstić information content (AvgIpc) is 2.66. The summed E-state index contributed by atoms with van der Waals surface area (Å²) in [6.07, 6.45) is 1.47. The molecular formula is C18H18BrN3O4. The fourth-order valence-corrected chi connectivity index (χ4v) is 2.40. The van der Waals surface area contributed by atoms with E-state index in [4.69, 9.17) is 9.47 Å². The van der Waals surface area contributed by atoms with Gasteiger partial charge in [-0.05, 0) is 42.5 Å². The Kier molecular flexibility index (Phi) is 7.16. The van der Waals surface area contributed by atoms with E-state index in [9.17, 15) is 9.59 Å². The monoisotopic (exact) mass is 419 g/mol. The Hall–Kier alpha value is -2.87. The van der Waals surface area contributed by atoms with Gasteiger partial charge in [-0.2, -0.15) is 5.10 Å². The number of hydrogen-bond acceptors (Lipinski definition) is 5. The van der Waals surface area contributed by atoms with Crippen molar-refractivity contribution in [1.82, 2.24) is 10.7 Å². The van der Waals surface area contributed by atoms with E-state index in [2.05, 4.69) is 31.8 Å². The fraction of sp³-hybridized carbons (Fsp3) is 0.167. The first-order chi connectivity index (χ1) is 12.5. The van der Waals surface area contributed by atoms with Crippen LogP contribution in [0.2, 0.25) is 0 Å². The van der Waals surface area contributed by atoms with Crippen LogP contribution in [0.5, 0.6) is 11.5 Å². The molecule has 0 unspecified atom stereocenters. The number of nitrogens with zero attached hydrogens (tertiary/aromatic N) is 1. The number of carbonyl (C=O) groups excluding carboxylic acids is 2. The minimum Gasteiger partial charge on any atom is -0.497 e. The maximum absolute atomic E-state index is 12.0. The molecule has 2 rings (SSSR count). The molecule has 0 atom stereocenters. The largest absolute Gasteiger partial charge is 0.497 e. The highest BCUT2D eigenvalue weighted by molar-refractivity contribution is 9.10. The highest BCUT2D eigenvalue weighted by atomic mass is 79.9. The average molecular weight is 420 g/mol. The Bertz CT molecular complexity index is 807. The number of nitrogens with one attached hydrogen (secondary N) is 2. The third kappa shape index (κ3) is 5.59. The number of halogens is 1. The first kappa shape index (κ1) is 19.5. The number of amides is 2. The Morgan fingerprint density at radius 3 is 2.50 bits per heavy atom. The molecule has 0 saturated heterocycles. The van der Waals surface area contributed by atoms with Gasteiger partial charge in [0.2, 0.25) is 0 Å². The fourth-order valence-electron chi connectivity index (χ4n) is 2.02. The molecule has 2 aromatic rings. The van der Waals surface area contributed by atoms with Crippen LogP contribution in [0, 0.1) is 0 Å². The number of ether oxygens (including phenoxy) is 2. The number of benzene rings is 2. The van der Waals surface area contributed by atoms with Gasteiger partial charge < -0.3 is 14.8 Å². The summed E-state index contributed by atoms with van der Waals surface area (Å²) in [4.78, 5) is 23.8. The van der Waals surface area contributed by atoms with Crippen molar-refractivity contribution in [1.29, 1.82) is 0 Å². The van der Waals surface area contributed by atoms with Gasteiger partial charge in [0, 0.05) is 15.6 Å². The minimum absolute atomic E-state index is 0.197. The van der Waals surface area contributed by atoms with Crippen LogP contribution < -0.4 is 20.2 Å². The van der Waals surface area contributed by atoms with Crippen LogP contribution in [0.4, 0.5) is 0 Å². The van der Waals surface area contributed by atoms with Crippen molar-refractivity contribution in [3.8, 4) is 11.5 Å². The lowest BCUT2D eigenvalue weighted by Crippen LogP contribution is -2.34. The summed E-state index contributed by atoms with van der Waals surface area (Å²) in [5, 5.41) is 6.39. The molecule has 2 amide bonds. The number of carbonyl (C=O) groups is 2. The summed E-state index contributed by atoms with van der Waals surface area (Å²) in [6.45, 7) is -0.197. The van der Waals surface area contributed by atoms with Gasteiger partial charge in [0.05, 0.1) is 27.0 Å². The molecule has 8 heteroatoms. The lowest BCUT2D eigenvalue weighted by atomic mass is 10.2. The Labute approximate surface area is 159 Å². The first-order valence-electron chi connectivity index (χ1n) is 7.61. The van der Waals surface area contributed by atoms with Crippen LogP contribution in [-0.2, 0) is 4.79 Å². The van der Waals surface area contributed by atoms with Crippen LogP contribution >= 0.6 is 15.9 Å². The third-order valence-electron chi connectivity index (χ3n) is 3.35. The summed E-state index contributed by atoms with van der Waals surface area (Å²) in [7, 11) is 3.09. The maximum atomic E-state index is 12.0. The predicted molar refractivity (Wildman–Crippen MR) is 102 cm³/mol. The zero-order valence-corrected chi connectivity index (χ0v) is 15.9. The maximum Gasteiger partial charge on any atom is 0.259 e. The Morgan fingerprint density at radius 2 is 1.85 bits per heavy atom. The van der Waals surface area contributed by atoms with Crippen LogP contribution in [0.15, 0.2) is 52.0 Å². The molecule has 0 aliphatic carbocycles. The second kappa shape index (κ2) is 9.57. The smallest absolute Gasteiger partial charge is 0.259 e. The van der Waals surface area contributed by atoms with Gasteiger partial charge in [0.25, 0.3) is 11.8 Å². The van der Waals surface area contributed by atoms with E-state index in [0.717, 1.165) is 4.47 Å². The third-order valence-corrected chi connectivity index (χ3v) is 3.84. The van der Waals surface area contributed by atoms with Crippen LogP contribution in [0.1, 0.15) is 15.9 Å². The van der Waals surface area contributed by atoms with E-state index in [1.165, 1.54) is 6.21 Å². The van der Waals surface area contributed by atoms with Gasteiger partial charge in [-0.3, -0.25) is 9.59 Å². The summed E-state index contributed by atoms with van der Waals surface area (Å²) in [5.41, 5.74) is 3.48. The quantitative estimate of drug-likeness (QED) is 0.532. The zero-order chi connectivity index (χ0) is 18.9. The Morgan fingerprint density at radius 1 is 1.12 bits per heavy atom. The number of rotatable bonds is 7. The van der Waals surface area contributed by atoms with Crippen molar-refractivity contribution in [2.24, 2.45) is 5.10 Å². The molecule has 0 aromatic heterocycles. The molecule has 2 aromatic carbocycles. The van der Waals surface area contributed by atoms with Gasteiger partial charge in [-0.1, -0.05) is 15.9 Å². The molecule has 7 nitrogen and oxygen atoms in total. The standard InChI is InChI=1S/C18H18BrN3O4/c1-25-15-6-3-12(4-7-15)18(24)20-11-17(23)22-21-10-13-9-14(19)5-8-16(13)26-2/h3-10H,11H2,1-2H3,(H,20,24)(H,22,23)/b21-10+. The molecule has 0 heterocycles. The molecule has 0 radical (unpaired) electrons. The molecule has 2 N–H and O–H groups in total. The summed E-state index contributed by atoms with van der Waals surface area (Å²) >= 11 is 3.36. The zero-order valence-electron chi connectivity index (χ0n) is 14.3. The summed E-state index contributed by atoms with van der Waals surface area (Å²) < 4.78 is 11.1. The van der Waals surface area contributed by atoms with Gasteiger partial charge in [0.1, 0.15) is 11.5 Å². The molecule has 0 saturated carbocycles. The lowest BCUT2D eigenvalue weighted by molar-refractivity contribution is -0.120. The molecule has 136 valence electrons. The van der Waals surface area contributed by atoms with E-state index in [-0.39, 0.29) is 12.5 Å². The van der Waals surface area contributed by atoms with Crippen LogP contribution in [0.25, 0.3) is 0 Å². The van der Waals surface area contributed by atoms with Crippen molar-refractivity contribution in [2.45, 2.75) is 0 Å². The van der Waals surface area contributed by atoms with Crippen molar-refractivity contribution < 1.29 is 19.1 Å². The highest BCUT2D eigenvalue weighted by Gasteiger charge is 2.08. The second-order valence-electron chi connectivity index (χ2n) is 5.09. The van der Waals surface area contributed by atoms with Crippen molar-refractivity contribution in [3.05, 3.63) is 58.1 Å². The first-order valence-corrected chi connectivity index (χ1v) is 8.40. The van der Waals surface area contributed by atoms with Crippen LogP contribution in [-0.4, -0.2) is 38.8 Å². The number of hydrazone groups is 1. The SMILES string of the molecule is COc1ccc(C(=O)NCC(=O)N/N=C/c2cc(Br)ccc2OC)cc1. The molecule has 0 fully saturated rings. The lowest BCUT2D eigenvalue weighted by Gasteiger charge is -2.06. The molecule has 0 spiro atoms. The molecule has 0 aliphatic heterocycles. The molecule has 0 aliphatic rings. The van der Waals surface area contributed by atoms with E-state index in [0.29, 0.717) is 22.6 Å². The van der Waals surface area contributed by atoms with Gasteiger partial charge in [0.15, 0.2) is 0 Å². The topological polar surface area (TPSA) is 89.0 Å². The van der Waals surface area contributed by atoms with Gasteiger partial charge in [-0.15, -0.1) is 0 Å². The van der Waals surface area contributed by atoms with E-state index >= 15 is 0 Å². The molecule has 0 bridgehead atoms. The predicted octanol–water partition coefficient (Wildman–Crippen LogP) is 2.35. The number of hydrogen-bond donors (Lipinski definition) is 2. The van der Waals surface area contributed by atoms with Crippen molar-refractivity contribution in [2.75, 3.05) is 20.8 Å². The highest BCUT2D eigenvalue weighted by Crippen LogP contribution is 2.21. The van der Waals surface area contributed by atoms with Crippen LogP contribution in [0.3, 0.4) is 0 Å². The van der Waals surface area contributed by atoms with E-state index in [1.54, 1.807) is 50.6 Å². The second-order valence-corrected chi connectivity index (χ2v) is 6.01. The normalized spacial score (nSPS) is 10.4. The van der Waals surface area contributed by atoms with Crippen molar-refractivity contribution >= 4 is 34.0 Å². The van der Waals surface area contributed by atoms with Gasteiger partial charge in [-0.25, -0.2) is 5.43 Å². The molecular weight excluding hydrogens is 402 g/mol. The van der Waals surface area contributed by atoms with Gasteiger partial charge >= 0.3 is 0 Å². The number of methoxy groups -OCH3 is 2. The van der Waals surface area contributed by atoms with Crippen molar-refractivity contribution in [3.63, 3.8) is 0 Å². The summed E-state index contributed by atoms with van der Waals surface area (Å²) in [6, 6.07) is 12.0. The Balaban J connectivity index is 1.85. The minimum atomic E-state index is -0.447. The van der Waals surface area contributed by atoms with E-state index < -0.39 is 5.91 Å².